The lowest BCUT2D eigenvalue weighted by Gasteiger charge is -2.18. The zero-order valence-corrected chi connectivity index (χ0v) is 44.5. The summed E-state index contributed by atoms with van der Waals surface area (Å²) in [7, 11) is 0. The van der Waals surface area contributed by atoms with Gasteiger partial charge in [0.2, 0.25) is 0 Å². The van der Waals surface area contributed by atoms with Crippen molar-refractivity contribution in [1.82, 2.24) is 0 Å². The van der Waals surface area contributed by atoms with E-state index in [1.165, 1.54) is 103 Å². The first-order valence-corrected chi connectivity index (χ1v) is 28.0. The topological polar surface area (TPSA) is 78.9 Å². The highest BCUT2D eigenvalue weighted by Crippen LogP contribution is 2.12. The molecule has 0 aromatic rings. The van der Waals surface area contributed by atoms with E-state index in [0.29, 0.717) is 19.3 Å². The van der Waals surface area contributed by atoms with Crippen LogP contribution in [0.4, 0.5) is 0 Å². The Bertz CT molecular complexity index is 1470. The fourth-order valence-corrected chi connectivity index (χ4v) is 7.17. The van der Waals surface area contributed by atoms with Crippen LogP contribution in [0.25, 0.3) is 0 Å². The predicted octanol–water partition coefficient (Wildman–Crippen LogP) is 18.9. The summed E-state index contributed by atoms with van der Waals surface area (Å²) < 4.78 is 16.7. The van der Waals surface area contributed by atoms with Gasteiger partial charge in [0.1, 0.15) is 13.2 Å². The predicted molar refractivity (Wildman–Crippen MR) is 297 cm³/mol. The lowest BCUT2D eigenvalue weighted by Crippen LogP contribution is -2.30. The summed E-state index contributed by atoms with van der Waals surface area (Å²) in [4.78, 5) is 38.1. The molecule has 6 heteroatoms. The minimum Gasteiger partial charge on any atom is -0.462 e. The van der Waals surface area contributed by atoms with Crippen LogP contribution in [-0.2, 0) is 28.6 Å². The molecule has 6 nitrogen and oxygen atoms in total. The van der Waals surface area contributed by atoms with Gasteiger partial charge in [0.05, 0.1) is 0 Å². The van der Waals surface area contributed by atoms with Gasteiger partial charge in [-0.2, -0.15) is 0 Å². The molecule has 0 aromatic heterocycles. The smallest absolute Gasteiger partial charge is 0.306 e. The lowest BCUT2D eigenvalue weighted by molar-refractivity contribution is -0.166. The quantitative estimate of drug-likeness (QED) is 0.0262. The zero-order chi connectivity index (χ0) is 50.0. The van der Waals surface area contributed by atoms with Crippen LogP contribution in [0, 0.1) is 0 Å². The van der Waals surface area contributed by atoms with Crippen LogP contribution in [0.15, 0.2) is 122 Å². The molecule has 0 unspecified atom stereocenters. The summed E-state index contributed by atoms with van der Waals surface area (Å²) in [6.07, 6.45) is 77.6. The maximum absolute atomic E-state index is 12.8. The van der Waals surface area contributed by atoms with Gasteiger partial charge >= 0.3 is 17.9 Å². The molecule has 0 rings (SSSR count). The standard InChI is InChI=1S/C63H102O6/c1-4-7-10-13-16-19-22-25-28-30-31-33-36-39-42-45-48-51-54-57-63(66)69-60(58-67-61(64)55-52-49-46-43-40-37-34-27-24-21-18-15-12-9-6-3)59-68-62(65)56-53-50-47-44-41-38-35-32-29-26-23-20-17-14-11-8-5-2/h16-21,25-29,31,33-34,39-40,42-43,48,51,60H,4-15,22-24,30,32,35-38,41,44-47,49-50,52-59H2,1-3H3/b19-16-,20-17-,21-18-,28-25-,29-26-,33-31-,34-27-,42-39-,43-40-,51-48-/t60-/m0/s1. The van der Waals surface area contributed by atoms with Crippen molar-refractivity contribution in [3.05, 3.63) is 122 Å². The lowest BCUT2D eigenvalue weighted by atomic mass is 10.1. The Balaban J connectivity index is 4.59. The minimum atomic E-state index is -0.840. The molecular weight excluding hydrogens is 853 g/mol. The highest BCUT2D eigenvalue weighted by molar-refractivity contribution is 5.71. The molecule has 69 heavy (non-hydrogen) atoms. The first-order valence-electron chi connectivity index (χ1n) is 28.0. The van der Waals surface area contributed by atoms with E-state index >= 15 is 0 Å². The van der Waals surface area contributed by atoms with E-state index < -0.39 is 12.1 Å². The van der Waals surface area contributed by atoms with E-state index in [9.17, 15) is 14.4 Å². The van der Waals surface area contributed by atoms with E-state index in [-0.39, 0.29) is 38.0 Å². The summed E-state index contributed by atoms with van der Waals surface area (Å²) >= 11 is 0. The minimum absolute atomic E-state index is 0.127. The highest BCUT2D eigenvalue weighted by Gasteiger charge is 2.19. The Kier molecular flexibility index (Phi) is 53.0. The number of esters is 3. The molecular formula is C63H102O6. The van der Waals surface area contributed by atoms with Crippen molar-refractivity contribution in [2.45, 2.75) is 245 Å². The van der Waals surface area contributed by atoms with Crippen molar-refractivity contribution in [2.24, 2.45) is 0 Å². The van der Waals surface area contributed by atoms with Gasteiger partial charge in [-0.05, 0) is 128 Å². The maximum Gasteiger partial charge on any atom is 0.306 e. The van der Waals surface area contributed by atoms with Gasteiger partial charge in [-0.1, -0.05) is 213 Å². The fourth-order valence-electron chi connectivity index (χ4n) is 7.17. The van der Waals surface area contributed by atoms with E-state index in [2.05, 4.69) is 130 Å². The van der Waals surface area contributed by atoms with E-state index in [0.717, 1.165) is 83.5 Å². The van der Waals surface area contributed by atoms with Crippen molar-refractivity contribution < 1.29 is 28.6 Å². The Morgan fingerprint density at radius 2 is 0.551 bits per heavy atom. The van der Waals surface area contributed by atoms with Crippen LogP contribution in [0.5, 0.6) is 0 Å². The molecule has 0 aliphatic rings. The van der Waals surface area contributed by atoms with Gasteiger partial charge in [0, 0.05) is 19.3 Å². The highest BCUT2D eigenvalue weighted by atomic mass is 16.6. The number of hydrogen-bond donors (Lipinski definition) is 0. The average molecular weight is 956 g/mol. The molecule has 0 aromatic carbocycles. The number of carbonyl (C=O) groups is 3. The van der Waals surface area contributed by atoms with Crippen molar-refractivity contribution in [3.8, 4) is 0 Å². The van der Waals surface area contributed by atoms with Crippen LogP contribution in [-0.4, -0.2) is 37.2 Å². The van der Waals surface area contributed by atoms with Crippen molar-refractivity contribution in [2.75, 3.05) is 13.2 Å². The molecule has 0 amide bonds. The summed E-state index contributed by atoms with van der Waals surface area (Å²) in [6.45, 7) is 6.45. The molecule has 1 atom stereocenters. The van der Waals surface area contributed by atoms with Gasteiger partial charge < -0.3 is 14.2 Å². The largest absolute Gasteiger partial charge is 0.462 e. The third-order valence-corrected chi connectivity index (χ3v) is 11.4. The van der Waals surface area contributed by atoms with E-state index in [4.69, 9.17) is 14.2 Å². The molecule has 0 saturated heterocycles. The Morgan fingerprint density at radius 3 is 0.899 bits per heavy atom. The van der Waals surface area contributed by atoms with Crippen LogP contribution < -0.4 is 0 Å². The number of unbranched alkanes of at least 4 members (excludes halogenated alkanes) is 18. The molecule has 0 aliphatic carbocycles. The van der Waals surface area contributed by atoms with Crippen molar-refractivity contribution >= 4 is 17.9 Å². The van der Waals surface area contributed by atoms with Crippen LogP contribution in [0.1, 0.15) is 239 Å². The van der Waals surface area contributed by atoms with Gasteiger partial charge in [-0.15, -0.1) is 0 Å². The normalized spacial score (nSPS) is 13.0. The number of ether oxygens (including phenoxy) is 3. The summed E-state index contributed by atoms with van der Waals surface area (Å²) in [5.41, 5.74) is 0. The van der Waals surface area contributed by atoms with Crippen LogP contribution in [0.3, 0.4) is 0 Å². The summed E-state index contributed by atoms with van der Waals surface area (Å²) in [5.74, 6) is -1.06. The van der Waals surface area contributed by atoms with Gasteiger partial charge in [0.25, 0.3) is 0 Å². The molecule has 0 heterocycles. The van der Waals surface area contributed by atoms with Crippen molar-refractivity contribution in [3.63, 3.8) is 0 Å². The number of carbonyl (C=O) groups excluding carboxylic acids is 3. The second-order valence-corrected chi connectivity index (χ2v) is 18.1. The first-order chi connectivity index (χ1) is 34.0. The molecule has 0 aliphatic heterocycles. The maximum atomic E-state index is 12.8. The van der Waals surface area contributed by atoms with Crippen LogP contribution in [0.2, 0.25) is 0 Å². The van der Waals surface area contributed by atoms with Gasteiger partial charge in [-0.3, -0.25) is 14.4 Å². The second-order valence-electron chi connectivity index (χ2n) is 18.1. The Hall–Kier alpha value is -4.19. The second kappa shape index (κ2) is 56.4. The number of allylic oxidation sites excluding steroid dienone is 20. The van der Waals surface area contributed by atoms with Crippen LogP contribution >= 0.6 is 0 Å². The third-order valence-electron chi connectivity index (χ3n) is 11.4. The summed E-state index contributed by atoms with van der Waals surface area (Å²) in [6, 6.07) is 0. The monoisotopic (exact) mass is 955 g/mol. The fraction of sp³-hybridized carbons (Fsp3) is 0.635. The molecule has 0 saturated carbocycles. The summed E-state index contributed by atoms with van der Waals surface area (Å²) in [5, 5.41) is 0. The van der Waals surface area contributed by atoms with E-state index in [1.807, 2.05) is 12.2 Å². The van der Waals surface area contributed by atoms with Gasteiger partial charge in [-0.25, -0.2) is 0 Å². The van der Waals surface area contributed by atoms with Gasteiger partial charge in [0.15, 0.2) is 6.10 Å². The molecule has 0 bridgehead atoms. The molecule has 0 fully saturated rings. The molecule has 0 spiro atoms. The van der Waals surface area contributed by atoms with E-state index in [1.54, 1.807) is 0 Å². The third kappa shape index (κ3) is 54.6. The zero-order valence-electron chi connectivity index (χ0n) is 44.5. The SMILES string of the molecule is CCCCC/C=C\C/C=C\C/C=C\C/C=C\C/C=C\CCC(=O)O[C@@H](COC(=O)CCCC/C=C\C/C=C\C/C=C\CCCCC)COC(=O)CCCCCCCCC/C=C\C/C=C\CCCCC. The molecule has 0 N–H and O–H groups in total. The first kappa shape index (κ1) is 64.8. The Labute approximate surface area is 424 Å². The van der Waals surface area contributed by atoms with Crippen molar-refractivity contribution in [1.29, 1.82) is 0 Å². The average Bonchev–Trinajstić information content (AvgIpc) is 3.35. The Morgan fingerprint density at radius 1 is 0.290 bits per heavy atom. The number of hydrogen-bond acceptors (Lipinski definition) is 6. The molecule has 390 valence electrons. The number of rotatable bonds is 49. The molecule has 0 radical (unpaired) electrons.